The van der Waals surface area contributed by atoms with E-state index in [9.17, 15) is 26.9 Å². The second-order valence-corrected chi connectivity index (χ2v) is 9.70. The Morgan fingerprint density at radius 1 is 1.04 bits per heavy atom. The third-order valence-electron chi connectivity index (χ3n) is 4.19. The zero-order chi connectivity index (χ0) is 19.7. The van der Waals surface area contributed by atoms with Crippen LogP contribution < -0.4 is 9.03 Å². The lowest BCUT2D eigenvalue weighted by atomic mass is 10.2. The maximum Gasteiger partial charge on any atom is 0.269 e. The normalized spacial score (nSPS) is 14.1. The highest BCUT2D eigenvalue weighted by Gasteiger charge is 2.29. The Balaban J connectivity index is 1.66. The van der Waals surface area contributed by atoms with E-state index in [-0.39, 0.29) is 17.1 Å². The molecule has 0 saturated carbocycles. The van der Waals surface area contributed by atoms with Crippen molar-refractivity contribution < 1.29 is 21.8 Å². The number of non-ortho nitro benzene ring substituents is 1. The lowest BCUT2D eigenvalue weighted by Crippen LogP contribution is -2.36. The lowest BCUT2D eigenvalue weighted by Gasteiger charge is -2.19. The first-order valence-electron chi connectivity index (χ1n) is 8.03. The van der Waals surface area contributed by atoms with Crippen LogP contribution in [0.2, 0.25) is 0 Å². The van der Waals surface area contributed by atoms with Crippen LogP contribution in [-0.2, 0) is 26.5 Å². The van der Waals surface area contributed by atoms with Gasteiger partial charge < -0.3 is 0 Å². The van der Waals surface area contributed by atoms with Crippen LogP contribution in [-0.4, -0.2) is 40.6 Å². The maximum absolute atomic E-state index is 12.6. The molecule has 0 atom stereocenters. The Morgan fingerprint density at radius 2 is 1.70 bits per heavy atom. The zero-order valence-corrected chi connectivity index (χ0v) is 15.7. The summed E-state index contributed by atoms with van der Waals surface area (Å²) in [5.41, 5.74) is 1.33. The molecular weight excluding hydrogens is 394 g/mol. The Bertz CT molecular complexity index is 1070. The molecule has 0 saturated heterocycles. The summed E-state index contributed by atoms with van der Waals surface area (Å²) in [4.78, 5) is 9.82. The number of rotatable bonds is 7. The maximum atomic E-state index is 12.6. The van der Waals surface area contributed by atoms with Crippen LogP contribution in [0.5, 0.6) is 0 Å². The molecule has 0 aromatic heterocycles. The molecule has 0 unspecified atom stereocenters. The summed E-state index contributed by atoms with van der Waals surface area (Å²) in [5, 5.41) is 10.6. The Hall–Kier alpha value is -2.50. The van der Waals surface area contributed by atoms with Crippen molar-refractivity contribution in [3.63, 3.8) is 0 Å². The van der Waals surface area contributed by atoms with Gasteiger partial charge in [-0.05, 0) is 30.2 Å². The van der Waals surface area contributed by atoms with Gasteiger partial charge in [0.15, 0.2) is 0 Å². The van der Waals surface area contributed by atoms with E-state index in [4.69, 9.17) is 0 Å². The number of hydrogen-bond acceptors (Lipinski definition) is 6. The molecule has 0 spiro atoms. The van der Waals surface area contributed by atoms with E-state index in [2.05, 4.69) is 4.72 Å². The Kier molecular flexibility index (Phi) is 5.18. The van der Waals surface area contributed by atoms with Crippen molar-refractivity contribution in [3.05, 3.63) is 64.2 Å². The van der Waals surface area contributed by atoms with Gasteiger partial charge in [0.1, 0.15) is 0 Å². The number of sulfonamides is 2. The highest BCUT2D eigenvalue weighted by molar-refractivity contribution is 7.93. The number of nitro benzene ring substituents is 1. The molecule has 0 aliphatic carbocycles. The van der Waals surface area contributed by atoms with Crippen molar-refractivity contribution in [2.24, 2.45) is 0 Å². The third-order valence-corrected chi connectivity index (χ3v) is 7.44. The summed E-state index contributed by atoms with van der Waals surface area (Å²) in [6.45, 7) is 0.0249. The number of nitrogens with one attached hydrogen (secondary N) is 1. The van der Waals surface area contributed by atoms with Crippen LogP contribution >= 0.6 is 0 Å². The van der Waals surface area contributed by atoms with E-state index in [1.165, 1.54) is 4.31 Å². The van der Waals surface area contributed by atoms with Crippen molar-refractivity contribution in [2.45, 2.75) is 11.3 Å². The number of hydrogen-bond donors (Lipinski definition) is 1. The number of benzene rings is 2. The molecule has 27 heavy (non-hydrogen) atoms. The molecule has 144 valence electrons. The molecule has 2 aromatic rings. The Labute approximate surface area is 156 Å². The van der Waals surface area contributed by atoms with E-state index < -0.39 is 30.7 Å². The smallest absolute Gasteiger partial charge is 0.269 e. The van der Waals surface area contributed by atoms with Gasteiger partial charge in [0, 0.05) is 25.2 Å². The summed E-state index contributed by atoms with van der Waals surface area (Å²) in [6.07, 6.45) is 0.615. The van der Waals surface area contributed by atoms with E-state index in [1.54, 1.807) is 12.1 Å². The summed E-state index contributed by atoms with van der Waals surface area (Å²) in [5.74, 6) is -0.395. The third kappa shape index (κ3) is 4.10. The quantitative estimate of drug-likeness (QED) is 0.540. The van der Waals surface area contributed by atoms with Crippen molar-refractivity contribution in [2.75, 3.05) is 23.1 Å². The number of nitro groups is 1. The fraction of sp³-hybridized carbons (Fsp3) is 0.250. The summed E-state index contributed by atoms with van der Waals surface area (Å²) >= 11 is 0. The first-order chi connectivity index (χ1) is 12.7. The minimum atomic E-state index is -3.96. The van der Waals surface area contributed by atoms with Crippen LogP contribution in [0, 0.1) is 10.1 Å². The van der Waals surface area contributed by atoms with Gasteiger partial charge in [-0.2, -0.15) is 0 Å². The van der Waals surface area contributed by atoms with E-state index in [0.29, 0.717) is 18.7 Å². The zero-order valence-electron chi connectivity index (χ0n) is 14.1. The first kappa shape index (κ1) is 19.3. The fourth-order valence-electron chi connectivity index (χ4n) is 2.84. The predicted molar refractivity (Wildman–Crippen MR) is 99.6 cm³/mol. The van der Waals surface area contributed by atoms with E-state index in [1.807, 2.05) is 12.1 Å². The average Bonchev–Trinajstić information content (AvgIpc) is 3.06. The molecule has 0 fully saturated rings. The van der Waals surface area contributed by atoms with Gasteiger partial charge in [-0.25, -0.2) is 21.6 Å². The van der Waals surface area contributed by atoms with Crippen LogP contribution in [0.1, 0.15) is 5.56 Å². The monoisotopic (exact) mass is 411 g/mol. The molecule has 3 rings (SSSR count). The van der Waals surface area contributed by atoms with Gasteiger partial charge in [0.2, 0.25) is 20.0 Å². The highest BCUT2D eigenvalue weighted by Crippen LogP contribution is 2.29. The second-order valence-electron chi connectivity index (χ2n) is 5.92. The molecule has 1 aliphatic heterocycles. The number of nitrogens with zero attached hydrogens (tertiary/aromatic N) is 2. The average molecular weight is 411 g/mol. The van der Waals surface area contributed by atoms with Crippen LogP contribution in [0.15, 0.2) is 53.4 Å². The minimum absolute atomic E-state index is 0.169. The fourth-order valence-corrected chi connectivity index (χ4v) is 5.43. The number of anilines is 1. The van der Waals surface area contributed by atoms with Crippen LogP contribution in [0.3, 0.4) is 0 Å². The molecule has 0 amide bonds. The predicted octanol–water partition coefficient (Wildman–Crippen LogP) is 1.27. The highest BCUT2D eigenvalue weighted by atomic mass is 32.2. The van der Waals surface area contributed by atoms with Gasteiger partial charge in [-0.3, -0.25) is 14.4 Å². The van der Waals surface area contributed by atoms with Crippen LogP contribution in [0.4, 0.5) is 11.4 Å². The summed E-state index contributed by atoms with van der Waals surface area (Å²) < 4.78 is 53.1. The van der Waals surface area contributed by atoms with Crippen molar-refractivity contribution >= 4 is 31.4 Å². The molecule has 1 heterocycles. The van der Waals surface area contributed by atoms with Gasteiger partial charge in [0.25, 0.3) is 5.69 Å². The number of fused-ring (bicyclic) bond motifs is 1. The van der Waals surface area contributed by atoms with E-state index in [0.717, 1.165) is 29.8 Å². The molecular formula is C16H17N3O6S2. The van der Waals surface area contributed by atoms with Crippen molar-refractivity contribution in [3.8, 4) is 0 Å². The molecule has 0 radical (unpaired) electrons. The Morgan fingerprint density at radius 3 is 2.37 bits per heavy atom. The molecule has 11 heteroatoms. The molecule has 1 aliphatic rings. The van der Waals surface area contributed by atoms with Gasteiger partial charge in [-0.15, -0.1) is 0 Å². The molecule has 0 bridgehead atoms. The summed E-state index contributed by atoms with van der Waals surface area (Å²) in [7, 11) is -7.64. The summed E-state index contributed by atoms with van der Waals surface area (Å²) in [6, 6.07) is 11.5. The first-order valence-corrected chi connectivity index (χ1v) is 11.1. The van der Waals surface area contributed by atoms with Gasteiger partial charge in [-0.1, -0.05) is 18.2 Å². The minimum Gasteiger partial charge on any atom is -0.270 e. The molecule has 1 N–H and O–H groups in total. The largest absolute Gasteiger partial charge is 0.270 e. The van der Waals surface area contributed by atoms with Gasteiger partial charge >= 0.3 is 0 Å². The SMILES string of the molecule is O=[N+]([O-])c1ccc(S(=O)(=O)NCCS(=O)(=O)N2CCc3ccccc32)cc1. The molecule has 9 nitrogen and oxygen atoms in total. The van der Waals surface area contributed by atoms with Crippen LogP contribution in [0.25, 0.3) is 0 Å². The second kappa shape index (κ2) is 7.25. The standard InChI is InChI=1S/C16H17N3O6S2/c20-19(21)14-5-7-15(8-6-14)27(24,25)17-10-12-26(22,23)18-11-9-13-3-1-2-4-16(13)18/h1-8,17H,9-12H2. The topological polar surface area (TPSA) is 127 Å². The van der Waals surface area contributed by atoms with Gasteiger partial charge in [0.05, 0.1) is 21.3 Å². The lowest BCUT2D eigenvalue weighted by molar-refractivity contribution is -0.384. The molecule has 2 aromatic carbocycles. The van der Waals surface area contributed by atoms with E-state index >= 15 is 0 Å². The van der Waals surface area contributed by atoms with Crippen molar-refractivity contribution in [1.82, 2.24) is 4.72 Å². The number of para-hydroxylation sites is 1. The van der Waals surface area contributed by atoms with Crippen molar-refractivity contribution in [1.29, 1.82) is 0 Å².